The summed E-state index contributed by atoms with van der Waals surface area (Å²) in [6.45, 7) is 5.88. The van der Waals surface area contributed by atoms with Crippen LogP contribution in [0.5, 0.6) is 0 Å². The second-order valence-electron chi connectivity index (χ2n) is 11.3. The quantitative estimate of drug-likeness (QED) is 0.164. The zero-order chi connectivity index (χ0) is 31.4. The molecule has 0 aliphatic heterocycles. The van der Waals surface area contributed by atoms with Gasteiger partial charge in [-0.25, -0.2) is 15.0 Å². The van der Waals surface area contributed by atoms with Crippen LogP contribution in [0, 0.1) is 0 Å². The number of carboxylic acids is 1. The molecule has 2 aromatic carbocycles. The third-order valence-corrected chi connectivity index (χ3v) is 6.67. The molecule has 228 valence electrons. The van der Waals surface area contributed by atoms with Gasteiger partial charge < -0.3 is 25.2 Å². The average molecular weight is 598 g/mol. The van der Waals surface area contributed by atoms with Crippen molar-refractivity contribution in [1.82, 2.24) is 19.5 Å². The lowest BCUT2D eigenvalue weighted by molar-refractivity contribution is -0.139. The molecule has 4 rings (SSSR count). The van der Waals surface area contributed by atoms with Crippen LogP contribution in [0.3, 0.4) is 0 Å². The summed E-state index contributed by atoms with van der Waals surface area (Å²) in [5.74, 6) is -0.371. The SMILES string of the molecule is CC(C)(C)c1nc(-c2ccnc(Nc3ccccc3)n2)c(-c2cccc(C(F)(F)F)c2)n1CC[C@@H](O)C[C@@H](O)CC(=O)O. The molecule has 0 fully saturated rings. The zero-order valence-electron chi connectivity index (χ0n) is 24.0. The van der Waals surface area contributed by atoms with Crippen molar-refractivity contribution in [2.24, 2.45) is 0 Å². The van der Waals surface area contributed by atoms with Crippen molar-refractivity contribution in [1.29, 1.82) is 0 Å². The summed E-state index contributed by atoms with van der Waals surface area (Å²) in [5.41, 5.74) is 0.694. The fraction of sp³-hybridized carbons (Fsp3) is 0.355. The summed E-state index contributed by atoms with van der Waals surface area (Å²) in [4.78, 5) is 24.8. The molecule has 12 heteroatoms. The van der Waals surface area contributed by atoms with Gasteiger partial charge in [0, 0.05) is 29.4 Å². The van der Waals surface area contributed by atoms with E-state index in [9.17, 15) is 28.2 Å². The van der Waals surface area contributed by atoms with Gasteiger partial charge >= 0.3 is 12.1 Å². The van der Waals surface area contributed by atoms with E-state index in [-0.39, 0.29) is 30.9 Å². The first-order valence-electron chi connectivity index (χ1n) is 13.7. The highest BCUT2D eigenvalue weighted by atomic mass is 19.4. The number of nitrogens with zero attached hydrogens (tertiary/aromatic N) is 4. The van der Waals surface area contributed by atoms with Crippen molar-refractivity contribution in [2.75, 3.05) is 5.32 Å². The number of alkyl halides is 3. The number of aliphatic hydroxyl groups excluding tert-OH is 2. The van der Waals surface area contributed by atoms with Crippen molar-refractivity contribution in [3.05, 3.63) is 78.2 Å². The Kier molecular flexibility index (Phi) is 9.51. The molecule has 2 aromatic heterocycles. The van der Waals surface area contributed by atoms with Crippen LogP contribution in [0.4, 0.5) is 24.8 Å². The van der Waals surface area contributed by atoms with Crippen LogP contribution in [-0.2, 0) is 22.9 Å². The predicted octanol–water partition coefficient (Wildman–Crippen LogP) is 6.04. The third-order valence-electron chi connectivity index (χ3n) is 6.67. The number of carboxylic acid groups (broad SMARTS) is 1. The maximum Gasteiger partial charge on any atom is 0.416 e. The van der Waals surface area contributed by atoms with Gasteiger partial charge in [-0.2, -0.15) is 13.2 Å². The van der Waals surface area contributed by atoms with E-state index in [4.69, 9.17) is 10.1 Å². The van der Waals surface area contributed by atoms with Crippen molar-refractivity contribution in [2.45, 2.75) is 70.4 Å². The molecule has 0 saturated carbocycles. The van der Waals surface area contributed by atoms with Gasteiger partial charge in [-0.05, 0) is 43.2 Å². The number of imidazole rings is 1. The molecule has 0 unspecified atom stereocenters. The van der Waals surface area contributed by atoms with Gasteiger partial charge in [0.25, 0.3) is 0 Å². The van der Waals surface area contributed by atoms with E-state index in [1.54, 1.807) is 16.7 Å². The second-order valence-corrected chi connectivity index (χ2v) is 11.3. The van der Waals surface area contributed by atoms with Gasteiger partial charge in [-0.1, -0.05) is 51.1 Å². The van der Waals surface area contributed by atoms with Crippen molar-refractivity contribution in [3.63, 3.8) is 0 Å². The fourth-order valence-electron chi connectivity index (χ4n) is 4.75. The van der Waals surface area contributed by atoms with Gasteiger partial charge in [0.1, 0.15) is 11.5 Å². The zero-order valence-corrected chi connectivity index (χ0v) is 24.0. The number of aliphatic hydroxyl groups is 2. The Morgan fingerprint density at radius 3 is 2.35 bits per heavy atom. The number of carbonyl (C=O) groups is 1. The van der Waals surface area contributed by atoms with Crippen molar-refractivity contribution in [3.8, 4) is 22.6 Å². The van der Waals surface area contributed by atoms with Gasteiger partial charge in [0.05, 0.1) is 35.6 Å². The Morgan fingerprint density at radius 1 is 0.977 bits per heavy atom. The van der Waals surface area contributed by atoms with E-state index in [0.717, 1.165) is 17.8 Å². The lowest BCUT2D eigenvalue weighted by atomic mass is 9.95. The minimum Gasteiger partial charge on any atom is -0.481 e. The van der Waals surface area contributed by atoms with Crippen LogP contribution in [-0.4, -0.2) is 53.0 Å². The molecule has 0 saturated heterocycles. The topological polar surface area (TPSA) is 133 Å². The molecule has 0 amide bonds. The van der Waals surface area contributed by atoms with Gasteiger partial charge in [0.15, 0.2) is 0 Å². The van der Waals surface area contributed by atoms with E-state index in [1.165, 1.54) is 12.3 Å². The number of rotatable bonds is 11. The predicted molar refractivity (Wildman–Crippen MR) is 156 cm³/mol. The van der Waals surface area contributed by atoms with Gasteiger partial charge in [-0.3, -0.25) is 4.79 Å². The number of aromatic nitrogens is 4. The van der Waals surface area contributed by atoms with E-state index < -0.39 is 41.8 Å². The number of halogens is 3. The van der Waals surface area contributed by atoms with Crippen molar-refractivity contribution >= 4 is 17.6 Å². The summed E-state index contributed by atoms with van der Waals surface area (Å²) in [6.07, 6.45) is -5.94. The summed E-state index contributed by atoms with van der Waals surface area (Å²) >= 11 is 0. The lowest BCUT2D eigenvalue weighted by Gasteiger charge is -2.23. The van der Waals surface area contributed by atoms with Crippen molar-refractivity contribution < 1.29 is 33.3 Å². The second kappa shape index (κ2) is 12.9. The molecule has 9 nitrogen and oxygen atoms in total. The largest absolute Gasteiger partial charge is 0.481 e. The molecule has 2 heterocycles. The Hall–Kier alpha value is -4.29. The summed E-state index contributed by atoms with van der Waals surface area (Å²) in [7, 11) is 0. The molecule has 0 bridgehead atoms. The van der Waals surface area contributed by atoms with Crippen LogP contribution in [0.1, 0.15) is 51.4 Å². The summed E-state index contributed by atoms with van der Waals surface area (Å²) < 4.78 is 43.1. The molecule has 43 heavy (non-hydrogen) atoms. The molecular formula is C31H34F3N5O4. The van der Waals surface area contributed by atoms with E-state index >= 15 is 0 Å². The average Bonchev–Trinajstić information content (AvgIpc) is 3.32. The first-order valence-corrected chi connectivity index (χ1v) is 13.7. The molecule has 0 aliphatic carbocycles. The molecule has 4 N–H and O–H groups in total. The molecule has 0 aliphatic rings. The number of benzene rings is 2. The number of hydrogen-bond acceptors (Lipinski definition) is 7. The summed E-state index contributed by atoms with van der Waals surface area (Å²) in [5, 5.41) is 32.7. The van der Waals surface area contributed by atoms with E-state index in [0.29, 0.717) is 22.9 Å². The van der Waals surface area contributed by atoms with E-state index in [2.05, 4.69) is 15.3 Å². The van der Waals surface area contributed by atoms with Crippen LogP contribution < -0.4 is 5.32 Å². The lowest BCUT2D eigenvalue weighted by Crippen LogP contribution is -2.24. The first-order chi connectivity index (χ1) is 20.2. The number of anilines is 2. The third kappa shape index (κ3) is 8.17. The molecule has 4 aromatic rings. The molecular weight excluding hydrogens is 563 g/mol. The number of aliphatic carboxylic acids is 1. The maximum absolute atomic E-state index is 13.8. The van der Waals surface area contributed by atoms with Crippen LogP contribution in [0.2, 0.25) is 0 Å². The smallest absolute Gasteiger partial charge is 0.416 e. The van der Waals surface area contributed by atoms with Crippen LogP contribution in [0.25, 0.3) is 22.6 Å². The monoisotopic (exact) mass is 597 g/mol. The highest BCUT2D eigenvalue weighted by Crippen LogP contribution is 2.39. The minimum absolute atomic E-state index is 0.0894. The summed E-state index contributed by atoms with van der Waals surface area (Å²) in [6, 6.07) is 15.8. The molecule has 0 radical (unpaired) electrons. The Balaban J connectivity index is 1.83. The first kappa shape index (κ1) is 31.6. The van der Waals surface area contributed by atoms with Crippen LogP contribution >= 0.6 is 0 Å². The highest BCUT2D eigenvalue weighted by Gasteiger charge is 2.33. The number of para-hydroxylation sites is 1. The van der Waals surface area contributed by atoms with Gasteiger partial charge in [-0.15, -0.1) is 0 Å². The van der Waals surface area contributed by atoms with Crippen LogP contribution in [0.15, 0.2) is 66.9 Å². The minimum atomic E-state index is -4.58. The Bertz CT molecular complexity index is 1550. The molecule has 2 atom stereocenters. The normalized spacial score (nSPS) is 13.5. The van der Waals surface area contributed by atoms with Gasteiger partial charge in [0.2, 0.25) is 5.95 Å². The highest BCUT2D eigenvalue weighted by molar-refractivity contribution is 5.78. The number of hydrogen-bond donors (Lipinski definition) is 4. The Labute approximate surface area is 247 Å². The standard InChI is InChI=1S/C31H34F3N5O4/c1-30(2,3)28-38-26(24-12-14-35-29(37-24)36-21-10-5-4-6-11-21)27(19-8-7-9-20(16-19)31(32,33)34)39(28)15-13-22(40)17-23(41)18-25(42)43/h4-12,14,16,22-23,40-41H,13,15,17-18H2,1-3H3,(H,42,43)(H,35,36,37)/t22-,23-/m1/s1. The Morgan fingerprint density at radius 2 is 1.70 bits per heavy atom. The molecule has 0 spiro atoms. The maximum atomic E-state index is 13.8. The number of nitrogens with one attached hydrogen (secondary N) is 1. The van der Waals surface area contributed by atoms with E-state index in [1.807, 2.05) is 51.1 Å². The fourth-order valence-corrected chi connectivity index (χ4v) is 4.75.